The number of anilines is 4. The van der Waals surface area contributed by atoms with E-state index >= 15 is 0 Å². The number of aromatic amines is 1. The van der Waals surface area contributed by atoms with E-state index < -0.39 is 0 Å². The Morgan fingerprint density at radius 3 is 2.83 bits per heavy atom. The molecule has 4 aromatic rings. The van der Waals surface area contributed by atoms with Crippen molar-refractivity contribution in [1.29, 1.82) is 0 Å². The number of hydrogen-bond acceptors (Lipinski definition) is 6. The minimum absolute atomic E-state index is 0.00661. The summed E-state index contributed by atoms with van der Waals surface area (Å²) in [5.74, 6) is 0.480. The van der Waals surface area contributed by atoms with Gasteiger partial charge in [0.2, 0.25) is 5.91 Å². The molecule has 2 aromatic heterocycles. The van der Waals surface area contributed by atoms with E-state index in [0.717, 1.165) is 58.8 Å². The maximum Gasteiger partial charge on any atom is 0.259 e. The van der Waals surface area contributed by atoms with Crippen LogP contribution in [0.2, 0.25) is 0 Å². The second kappa shape index (κ2) is 8.80. The van der Waals surface area contributed by atoms with Crippen molar-refractivity contribution in [2.75, 3.05) is 35.2 Å². The second-order valence-corrected chi connectivity index (χ2v) is 9.48. The van der Waals surface area contributed by atoms with E-state index in [1.54, 1.807) is 6.20 Å². The highest BCUT2D eigenvalue weighted by molar-refractivity contribution is 6.00. The number of H-pyrrole nitrogens is 1. The molecule has 1 fully saturated rings. The minimum atomic E-state index is -0.203. The van der Waals surface area contributed by atoms with E-state index in [4.69, 9.17) is 9.72 Å². The molecule has 2 aliphatic heterocycles. The molecule has 182 valence electrons. The fourth-order valence-electron chi connectivity index (χ4n) is 5.09. The molecule has 0 bridgehead atoms. The maximum absolute atomic E-state index is 12.8. The highest BCUT2D eigenvalue weighted by Gasteiger charge is 2.20. The van der Waals surface area contributed by atoms with Gasteiger partial charge in [0.05, 0.1) is 30.2 Å². The van der Waals surface area contributed by atoms with Gasteiger partial charge in [-0.25, -0.2) is 4.98 Å². The Morgan fingerprint density at radius 1 is 1.11 bits per heavy atom. The van der Waals surface area contributed by atoms with Crippen LogP contribution >= 0.6 is 0 Å². The van der Waals surface area contributed by atoms with Crippen molar-refractivity contribution in [3.63, 3.8) is 0 Å². The highest BCUT2D eigenvalue weighted by Crippen LogP contribution is 2.33. The van der Waals surface area contributed by atoms with Gasteiger partial charge in [0.15, 0.2) is 0 Å². The Hall–Kier alpha value is -4.17. The number of rotatable bonds is 4. The largest absolute Gasteiger partial charge is 0.375 e. The number of morpholine rings is 1. The number of pyridine rings is 2. The van der Waals surface area contributed by atoms with Crippen molar-refractivity contribution in [3.8, 4) is 11.3 Å². The number of aryl methyl sites for hydroxylation is 1. The van der Waals surface area contributed by atoms with Crippen molar-refractivity contribution < 1.29 is 9.53 Å². The summed E-state index contributed by atoms with van der Waals surface area (Å²) in [6, 6.07) is 15.8. The third kappa shape index (κ3) is 4.09. The average molecular weight is 482 g/mol. The number of fused-ring (bicyclic) bond motifs is 2. The van der Waals surface area contributed by atoms with Crippen LogP contribution in [-0.4, -0.2) is 41.7 Å². The van der Waals surface area contributed by atoms with E-state index in [-0.39, 0.29) is 17.6 Å². The minimum Gasteiger partial charge on any atom is -0.375 e. The number of amides is 1. The fraction of sp³-hybridized carbons (Fsp3) is 0.250. The number of aromatic nitrogens is 2. The monoisotopic (exact) mass is 481 g/mol. The fourth-order valence-corrected chi connectivity index (χ4v) is 5.09. The van der Waals surface area contributed by atoms with E-state index in [1.165, 1.54) is 5.69 Å². The molecule has 2 aliphatic rings. The van der Waals surface area contributed by atoms with Crippen molar-refractivity contribution in [1.82, 2.24) is 9.97 Å². The Kier molecular flexibility index (Phi) is 5.45. The third-order valence-corrected chi connectivity index (χ3v) is 6.83. The molecule has 0 spiro atoms. The molecule has 8 nitrogen and oxygen atoms in total. The number of ether oxygens (including phenoxy) is 1. The molecule has 0 unspecified atom stereocenters. The number of benzene rings is 2. The van der Waals surface area contributed by atoms with Gasteiger partial charge in [-0.2, -0.15) is 0 Å². The number of hydrogen-bond donors (Lipinski definition) is 3. The van der Waals surface area contributed by atoms with Gasteiger partial charge in [-0.15, -0.1) is 0 Å². The van der Waals surface area contributed by atoms with E-state index in [1.807, 2.05) is 36.4 Å². The zero-order valence-corrected chi connectivity index (χ0v) is 20.2. The van der Waals surface area contributed by atoms with Gasteiger partial charge < -0.3 is 25.3 Å². The topological polar surface area (TPSA) is 99.3 Å². The lowest BCUT2D eigenvalue weighted by molar-refractivity contribution is -0.115. The Bertz CT molecular complexity index is 1560. The molecule has 0 radical (unpaired) electrons. The van der Waals surface area contributed by atoms with Gasteiger partial charge >= 0.3 is 0 Å². The molecule has 0 saturated carbocycles. The first-order valence-corrected chi connectivity index (χ1v) is 12.1. The first-order valence-electron chi connectivity index (χ1n) is 12.1. The molecule has 0 aliphatic carbocycles. The molecular formula is C28H27N5O3. The lowest BCUT2D eigenvalue weighted by atomic mass is 10.0. The van der Waals surface area contributed by atoms with Gasteiger partial charge in [-0.3, -0.25) is 9.59 Å². The smallest absolute Gasteiger partial charge is 0.259 e. The van der Waals surface area contributed by atoms with Crippen LogP contribution < -0.4 is 21.1 Å². The maximum atomic E-state index is 12.8. The zero-order valence-electron chi connectivity index (χ0n) is 20.2. The lowest BCUT2D eigenvalue weighted by Gasteiger charge is -2.34. The number of carbonyl (C=O) groups excluding carboxylic acids is 1. The van der Waals surface area contributed by atoms with E-state index in [9.17, 15) is 9.59 Å². The summed E-state index contributed by atoms with van der Waals surface area (Å²) in [7, 11) is 0. The Labute approximate surface area is 208 Å². The molecular weight excluding hydrogens is 454 g/mol. The summed E-state index contributed by atoms with van der Waals surface area (Å²) < 4.78 is 5.69. The molecule has 1 saturated heterocycles. The van der Waals surface area contributed by atoms with Crippen LogP contribution in [0.4, 0.5) is 22.9 Å². The quantitative estimate of drug-likeness (QED) is 0.401. The molecule has 36 heavy (non-hydrogen) atoms. The Morgan fingerprint density at radius 2 is 2.00 bits per heavy atom. The number of carbonyl (C=O) groups is 1. The molecule has 6 rings (SSSR count). The molecule has 1 atom stereocenters. The van der Waals surface area contributed by atoms with E-state index in [0.29, 0.717) is 17.6 Å². The highest BCUT2D eigenvalue weighted by atomic mass is 16.5. The first-order chi connectivity index (χ1) is 17.4. The van der Waals surface area contributed by atoms with Crippen LogP contribution in [0, 0.1) is 6.92 Å². The zero-order chi connectivity index (χ0) is 24.8. The number of nitrogens with zero attached hydrogens (tertiary/aromatic N) is 2. The van der Waals surface area contributed by atoms with Crippen LogP contribution in [0.3, 0.4) is 0 Å². The third-order valence-electron chi connectivity index (χ3n) is 6.83. The van der Waals surface area contributed by atoms with Crippen LogP contribution in [0.15, 0.2) is 59.5 Å². The van der Waals surface area contributed by atoms with Crippen molar-refractivity contribution in [3.05, 3.63) is 76.2 Å². The van der Waals surface area contributed by atoms with Gasteiger partial charge in [-0.1, -0.05) is 12.1 Å². The predicted molar refractivity (Wildman–Crippen MR) is 142 cm³/mol. The summed E-state index contributed by atoms with van der Waals surface area (Å²) in [4.78, 5) is 34.5. The standard InChI is InChI=1S/C28H27N5O3/c1-16-11-21(5-6-24(16)33-9-10-36-17(2)15-33)30-27-26-20(7-8-29-28(26)35)13-23(32-27)18-3-4-19-14-25(34)31-22(19)12-18/h3-8,11-13,17H,9-10,14-15H2,1-2H3,(H,29,35)(H,30,32)(H,31,34)/t17-/m1/s1. The van der Waals surface area contributed by atoms with Crippen LogP contribution in [0.1, 0.15) is 18.1 Å². The van der Waals surface area contributed by atoms with Crippen LogP contribution in [0.5, 0.6) is 0 Å². The summed E-state index contributed by atoms with van der Waals surface area (Å²) in [5.41, 5.74) is 6.34. The summed E-state index contributed by atoms with van der Waals surface area (Å²) in [6.45, 7) is 6.63. The summed E-state index contributed by atoms with van der Waals surface area (Å²) in [5, 5.41) is 7.58. The average Bonchev–Trinajstić information content (AvgIpc) is 3.23. The van der Waals surface area contributed by atoms with E-state index in [2.05, 4.69) is 46.5 Å². The van der Waals surface area contributed by atoms with Crippen LogP contribution in [-0.2, 0) is 16.0 Å². The number of nitrogens with one attached hydrogen (secondary N) is 3. The van der Waals surface area contributed by atoms with Gasteiger partial charge in [0.25, 0.3) is 5.56 Å². The van der Waals surface area contributed by atoms with Gasteiger partial charge in [-0.05, 0) is 66.8 Å². The lowest BCUT2D eigenvalue weighted by Crippen LogP contribution is -2.41. The summed E-state index contributed by atoms with van der Waals surface area (Å²) in [6.07, 6.45) is 2.24. The van der Waals surface area contributed by atoms with Crippen molar-refractivity contribution in [2.45, 2.75) is 26.4 Å². The van der Waals surface area contributed by atoms with Gasteiger partial charge in [0, 0.05) is 41.9 Å². The second-order valence-electron chi connectivity index (χ2n) is 9.48. The molecule has 2 aromatic carbocycles. The molecule has 1 amide bonds. The summed E-state index contributed by atoms with van der Waals surface area (Å²) >= 11 is 0. The molecule has 8 heteroatoms. The molecule has 4 heterocycles. The van der Waals surface area contributed by atoms with Crippen LogP contribution in [0.25, 0.3) is 22.0 Å². The predicted octanol–water partition coefficient (Wildman–Crippen LogP) is 4.36. The Balaban J connectivity index is 1.38. The normalized spacial score (nSPS) is 17.2. The van der Waals surface area contributed by atoms with Gasteiger partial charge in [0.1, 0.15) is 5.82 Å². The SMILES string of the molecule is Cc1cc(Nc2nc(-c3ccc4c(c3)NC(=O)C4)cc3cc[nH]c(=O)c23)ccc1N1CCO[C@H](C)C1. The first kappa shape index (κ1) is 22.3. The molecule has 3 N–H and O–H groups in total. The van der Waals surface area contributed by atoms with Crippen molar-refractivity contribution >= 4 is 39.6 Å². The van der Waals surface area contributed by atoms with Crippen molar-refractivity contribution in [2.24, 2.45) is 0 Å².